The van der Waals surface area contributed by atoms with Crippen molar-refractivity contribution in [3.8, 4) is 0 Å². The predicted molar refractivity (Wildman–Crippen MR) is 90.1 cm³/mol. The number of aldehydes is 1. The second kappa shape index (κ2) is 6.10. The molecule has 118 valence electrons. The topological polar surface area (TPSA) is 17.1 Å². The Hall–Kier alpha value is -0.850. The Labute approximate surface area is 130 Å². The van der Waals surface area contributed by atoms with E-state index in [2.05, 4.69) is 40.3 Å². The van der Waals surface area contributed by atoms with Gasteiger partial charge in [-0.2, -0.15) is 0 Å². The van der Waals surface area contributed by atoms with Crippen molar-refractivity contribution in [1.29, 1.82) is 0 Å². The van der Waals surface area contributed by atoms with E-state index < -0.39 is 0 Å². The lowest BCUT2D eigenvalue weighted by Gasteiger charge is -2.51. The SMILES string of the molecule is C=C(C)CCC[C@@]1(C)CCC[C@@H]2C1=CC[C@H](C)[C@]2(C)C=O. The largest absolute Gasteiger partial charge is 0.303 e. The maximum absolute atomic E-state index is 11.8. The van der Waals surface area contributed by atoms with Crippen molar-refractivity contribution < 1.29 is 4.79 Å². The number of allylic oxidation sites excluding steroid dienone is 3. The molecule has 0 aromatic heterocycles. The highest BCUT2D eigenvalue weighted by Crippen LogP contribution is 2.57. The smallest absolute Gasteiger partial charge is 0.126 e. The van der Waals surface area contributed by atoms with Gasteiger partial charge < -0.3 is 4.79 Å². The van der Waals surface area contributed by atoms with Gasteiger partial charge in [0, 0.05) is 5.41 Å². The molecule has 0 aromatic carbocycles. The number of hydrogen-bond donors (Lipinski definition) is 0. The van der Waals surface area contributed by atoms with Gasteiger partial charge in [0.25, 0.3) is 0 Å². The number of fused-ring (bicyclic) bond motifs is 1. The van der Waals surface area contributed by atoms with Crippen molar-refractivity contribution in [2.45, 2.75) is 72.6 Å². The molecule has 0 spiro atoms. The fourth-order valence-electron chi connectivity index (χ4n) is 4.60. The maximum atomic E-state index is 11.8. The van der Waals surface area contributed by atoms with Gasteiger partial charge in [-0.05, 0) is 62.7 Å². The van der Waals surface area contributed by atoms with Crippen LogP contribution in [0, 0.1) is 22.7 Å². The minimum atomic E-state index is -0.153. The van der Waals surface area contributed by atoms with Gasteiger partial charge in [0.05, 0.1) is 0 Å². The molecule has 0 N–H and O–H groups in total. The van der Waals surface area contributed by atoms with E-state index >= 15 is 0 Å². The lowest BCUT2D eigenvalue weighted by atomic mass is 9.52. The van der Waals surface area contributed by atoms with Crippen molar-refractivity contribution >= 4 is 6.29 Å². The van der Waals surface area contributed by atoms with Gasteiger partial charge in [0.2, 0.25) is 0 Å². The van der Waals surface area contributed by atoms with Gasteiger partial charge in [-0.15, -0.1) is 6.58 Å². The third-order valence-corrected chi connectivity index (χ3v) is 6.38. The van der Waals surface area contributed by atoms with Crippen LogP contribution in [0.15, 0.2) is 23.8 Å². The molecule has 0 heterocycles. The molecule has 0 aromatic rings. The Morgan fingerprint density at radius 1 is 1.48 bits per heavy atom. The van der Waals surface area contributed by atoms with Gasteiger partial charge in [-0.25, -0.2) is 0 Å². The zero-order chi connectivity index (χ0) is 15.7. The summed E-state index contributed by atoms with van der Waals surface area (Å²) in [4.78, 5) is 11.8. The van der Waals surface area contributed by atoms with Crippen LogP contribution in [0.3, 0.4) is 0 Å². The van der Waals surface area contributed by atoms with E-state index in [1.54, 1.807) is 5.57 Å². The Morgan fingerprint density at radius 2 is 2.19 bits per heavy atom. The summed E-state index contributed by atoms with van der Waals surface area (Å²) in [5.41, 5.74) is 3.04. The first-order valence-electron chi connectivity index (χ1n) is 8.65. The molecule has 2 aliphatic rings. The van der Waals surface area contributed by atoms with E-state index in [9.17, 15) is 4.79 Å². The highest BCUT2D eigenvalue weighted by atomic mass is 16.1. The minimum absolute atomic E-state index is 0.153. The normalized spacial score (nSPS) is 39.3. The number of carbonyl (C=O) groups excluding carboxylic acids is 1. The first-order valence-corrected chi connectivity index (χ1v) is 8.65. The van der Waals surface area contributed by atoms with Crippen molar-refractivity contribution in [1.82, 2.24) is 0 Å². The summed E-state index contributed by atoms with van der Waals surface area (Å²) >= 11 is 0. The van der Waals surface area contributed by atoms with Crippen LogP contribution in [0.2, 0.25) is 0 Å². The third kappa shape index (κ3) is 3.03. The van der Waals surface area contributed by atoms with Gasteiger partial charge in [0.15, 0.2) is 0 Å². The van der Waals surface area contributed by atoms with Crippen LogP contribution >= 0.6 is 0 Å². The summed E-state index contributed by atoms with van der Waals surface area (Å²) in [6.45, 7) is 13.0. The van der Waals surface area contributed by atoms with Crippen LogP contribution in [-0.4, -0.2) is 6.29 Å². The van der Waals surface area contributed by atoms with Gasteiger partial charge in [0.1, 0.15) is 6.29 Å². The molecule has 2 aliphatic carbocycles. The Balaban J connectivity index is 2.22. The average molecular weight is 288 g/mol. The van der Waals surface area contributed by atoms with Gasteiger partial charge in [-0.1, -0.05) is 44.4 Å². The second-order valence-corrected chi connectivity index (χ2v) is 8.10. The van der Waals surface area contributed by atoms with Crippen molar-refractivity contribution in [2.24, 2.45) is 22.7 Å². The van der Waals surface area contributed by atoms with E-state index in [1.165, 1.54) is 44.0 Å². The lowest BCUT2D eigenvalue weighted by Crippen LogP contribution is -2.45. The molecule has 0 radical (unpaired) electrons. The Kier molecular flexibility index (Phi) is 4.80. The fraction of sp³-hybridized carbons (Fsp3) is 0.750. The summed E-state index contributed by atoms with van der Waals surface area (Å²) in [6, 6.07) is 0. The Bertz CT molecular complexity index is 447. The molecule has 0 unspecified atom stereocenters. The van der Waals surface area contributed by atoms with E-state index in [1.807, 2.05) is 0 Å². The molecular weight excluding hydrogens is 256 g/mol. The molecular formula is C20H32O. The highest BCUT2D eigenvalue weighted by molar-refractivity contribution is 5.62. The van der Waals surface area contributed by atoms with E-state index in [4.69, 9.17) is 0 Å². The molecule has 0 bridgehead atoms. The zero-order valence-electron chi connectivity index (χ0n) is 14.4. The molecule has 1 saturated carbocycles. The van der Waals surface area contributed by atoms with E-state index in [0.717, 1.165) is 12.8 Å². The molecule has 21 heavy (non-hydrogen) atoms. The summed E-state index contributed by atoms with van der Waals surface area (Å²) in [7, 11) is 0. The first kappa shape index (κ1) is 16.5. The molecule has 0 saturated heterocycles. The lowest BCUT2D eigenvalue weighted by molar-refractivity contribution is -0.122. The van der Waals surface area contributed by atoms with Crippen molar-refractivity contribution in [3.05, 3.63) is 23.8 Å². The minimum Gasteiger partial charge on any atom is -0.303 e. The Morgan fingerprint density at radius 3 is 2.81 bits per heavy atom. The van der Waals surface area contributed by atoms with Crippen molar-refractivity contribution in [2.75, 3.05) is 0 Å². The molecule has 2 rings (SSSR count). The van der Waals surface area contributed by atoms with Gasteiger partial charge >= 0.3 is 0 Å². The monoisotopic (exact) mass is 288 g/mol. The standard InChI is InChI=1S/C20H32O/c1-15(2)8-6-12-19(4)13-7-9-18-17(19)11-10-16(3)20(18,5)14-21/h11,14,16,18H,1,6-10,12-13H2,2-5H3/t16-,18+,19-,20-/m0/s1. The van der Waals surface area contributed by atoms with E-state index in [0.29, 0.717) is 17.3 Å². The molecule has 0 amide bonds. The van der Waals surface area contributed by atoms with Crippen LogP contribution < -0.4 is 0 Å². The van der Waals surface area contributed by atoms with Crippen LogP contribution in [-0.2, 0) is 4.79 Å². The summed E-state index contributed by atoms with van der Waals surface area (Å²) in [5, 5.41) is 0. The van der Waals surface area contributed by atoms with Crippen molar-refractivity contribution in [3.63, 3.8) is 0 Å². The number of hydrogen-bond acceptors (Lipinski definition) is 1. The summed E-state index contributed by atoms with van der Waals surface area (Å²) in [6.07, 6.45) is 12.2. The third-order valence-electron chi connectivity index (χ3n) is 6.38. The summed E-state index contributed by atoms with van der Waals surface area (Å²) in [5.74, 6) is 0.948. The molecule has 1 fully saturated rings. The molecule has 1 nitrogen and oxygen atoms in total. The average Bonchev–Trinajstić information content (AvgIpc) is 2.43. The molecule has 0 aliphatic heterocycles. The number of carbonyl (C=O) groups is 1. The highest BCUT2D eigenvalue weighted by Gasteiger charge is 2.49. The van der Waals surface area contributed by atoms with Crippen LogP contribution in [0.1, 0.15) is 72.6 Å². The second-order valence-electron chi connectivity index (χ2n) is 8.10. The van der Waals surface area contributed by atoms with Crippen LogP contribution in [0.4, 0.5) is 0 Å². The van der Waals surface area contributed by atoms with Gasteiger partial charge in [-0.3, -0.25) is 0 Å². The predicted octanol–water partition coefficient (Wildman–Crippen LogP) is 5.71. The summed E-state index contributed by atoms with van der Waals surface area (Å²) < 4.78 is 0. The van der Waals surface area contributed by atoms with Crippen LogP contribution in [0.25, 0.3) is 0 Å². The fourth-order valence-corrected chi connectivity index (χ4v) is 4.60. The molecule has 4 atom stereocenters. The van der Waals surface area contributed by atoms with E-state index in [-0.39, 0.29) is 5.41 Å². The zero-order valence-corrected chi connectivity index (χ0v) is 14.4. The quantitative estimate of drug-likeness (QED) is 0.467. The number of rotatable bonds is 5. The maximum Gasteiger partial charge on any atom is 0.126 e. The molecule has 1 heteroatoms. The van der Waals surface area contributed by atoms with Crippen LogP contribution in [0.5, 0.6) is 0 Å². The first-order chi connectivity index (χ1) is 9.83.